The van der Waals surface area contributed by atoms with Gasteiger partial charge in [-0.2, -0.15) is 0 Å². The van der Waals surface area contributed by atoms with E-state index in [0.717, 1.165) is 0 Å². The third kappa shape index (κ3) is 10.6. The number of ether oxygens (including phenoxy) is 4. The van der Waals surface area contributed by atoms with Crippen LogP contribution in [0.3, 0.4) is 0 Å². The van der Waals surface area contributed by atoms with Gasteiger partial charge in [0.15, 0.2) is 12.4 Å². The number of aromatic nitrogens is 2. The topological polar surface area (TPSA) is 187 Å². The highest BCUT2D eigenvalue weighted by molar-refractivity contribution is 5.89. The van der Waals surface area contributed by atoms with Gasteiger partial charge >= 0.3 is 12.0 Å². The van der Waals surface area contributed by atoms with Crippen LogP contribution in [-0.4, -0.2) is 146 Å². The minimum Gasteiger partial charge on any atom is -0.483 e. The van der Waals surface area contributed by atoms with Crippen LogP contribution in [-0.2, 0) is 19.0 Å². The van der Waals surface area contributed by atoms with Crippen LogP contribution in [0.1, 0.15) is 80.2 Å². The summed E-state index contributed by atoms with van der Waals surface area (Å²) in [5.74, 6) is -3.08. The van der Waals surface area contributed by atoms with Crippen molar-refractivity contribution in [2.75, 3.05) is 32.6 Å². The molecule has 58 heavy (non-hydrogen) atoms. The number of rotatable bonds is 7. The van der Waals surface area contributed by atoms with Crippen molar-refractivity contribution in [3.63, 3.8) is 0 Å². The van der Waals surface area contributed by atoms with E-state index < -0.39 is 95.9 Å². The van der Waals surface area contributed by atoms with Crippen LogP contribution in [0.2, 0.25) is 0 Å². The third-order valence-electron chi connectivity index (χ3n) is 12.1. The van der Waals surface area contributed by atoms with Crippen LogP contribution in [0.25, 0.3) is 0 Å². The van der Waals surface area contributed by atoms with Gasteiger partial charge in [-0.25, -0.2) is 19.2 Å². The van der Waals surface area contributed by atoms with Gasteiger partial charge in [-0.05, 0) is 104 Å². The fraction of sp³-hybridized carbons (Fsp3) is 0.714. The van der Waals surface area contributed by atoms with E-state index in [2.05, 4.69) is 9.97 Å². The Morgan fingerprint density at radius 3 is 2.33 bits per heavy atom. The second-order valence-electron chi connectivity index (χ2n) is 17.2. The summed E-state index contributed by atoms with van der Waals surface area (Å²) in [6.45, 7) is 15.5. The molecule has 14 atom stereocenters. The lowest BCUT2D eigenvalue weighted by atomic mass is 9.78. The predicted molar refractivity (Wildman–Crippen MR) is 214 cm³/mol. The number of benzene rings is 1. The average molecular weight is 820 g/mol. The zero-order valence-corrected chi connectivity index (χ0v) is 36.1. The first-order chi connectivity index (χ1) is 27.0. The SMILES string of the molecule is CC[C@H]1OC(=O)[C@H](C)[C@@H](O)[C@H](C)[C@@H](O[C@@H]2O[C@H](C)C[C@H](N(C)C(=O)N(C)c3ncccn3)[C@H]2Oc2ccc(F)cc2C)[C@](C)(O)C[C@@H](C)CN(C)[C@H](C)[C@@H](O)[C@]1(C)O. The minimum atomic E-state index is -1.82. The molecule has 4 N–H and O–H groups in total. The molecule has 16 heteroatoms. The van der Waals surface area contributed by atoms with Crippen molar-refractivity contribution < 1.29 is 53.4 Å². The smallest absolute Gasteiger partial charge is 0.326 e. The van der Waals surface area contributed by atoms with Crippen LogP contribution in [0.4, 0.5) is 15.1 Å². The zero-order valence-electron chi connectivity index (χ0n) is 36.1. The summed E-state index contributed by atoms with van der Waals surface area (Å²) < 4.78 is 40.1. The maximum absolute atomic E-state index is 14.3. The summed E-state index contributed by atoms with van der Waals surface area (Å²) in [5.41, 5.74) is -3.01. The number of hydrogen-bond acceptors (Lipinski definition) is 13. The number of esters is 1. The number of hydrogen-bond donors (Lipinski definition) is 4. The first kappa shape index (κ1) is 47.2. The van der Waals surface area contributed by atoms with E-state index in [4.69, 9.17) is 18.9 Å². The van der Waals surface area contributed by atoms with Crippen LogP contribution >= 0.6 is 0 Å². The van der Waals surface area contributed by atoms with Crippen molar-refractivity contribution in [1.82, 2.24) is 19.8 Å². The lowest BCUT2D eigenvalue weighted by molar-refractivity contribution is -0.293. The van der Waals surface area contributed by atoms with Gasteiger partial charge in [0.2, 0.25) is 5.95 Å². The zero-order chi connectivity index (χ0) is 43.4. The molecule has 2 saturated heterocycles. The maximum Gasteiger partial charge on any atom is 0.326 e. The van der Waals surface area contributed by atoms with E-state index in [-0.39, 0.29) is 24.7 Å². The van der Waals surface area contributed by atoms with Gasteiger partial charge in [-0.3, -0.25) is 9.69 Å². The van der Waals surface area contributed by atoms with Gasteiger partial charge in [-0.1, -0.05) is 20.8 Å². The average Bonchev–Trinajstić information content (AvgIpc) is 3.17. The highest BCUT2D eigenvalue weighted by atomic mass is 19.1. The molecule has 2 amide bonds. The molecule has 3 heterocycles. The van der Waals surface area contributed by atoms with Gasteiger partial charge in [0.1, 0.15) is 29.4 Å². The molecule has 0 unspecified atom stereocenters. The molecular formula is C42H66FN5O10. The largest absolute Gasteiger partial charge is 0.483 e. The summed E-state index contributed by atoms with van der Waals surface area (Å²) in [5, 5.41) is 47.4. The molecule has 0 aliphatic carbocycles. The molecule has 1 aromatic heterocycles. The van der Waals surface area contributed by atoms with Gasteiger partial charge in [0.05, 0.1) is 35.9 Å². The molecule has 0 spiro atoms. The Hall–Kier alpha value is -3.51. The number of carbonyl (C=O) groups is 2. The first-order valence-electron chi connectivity index (χ1n) is 20.2. The Morgan fingerprint density at radius 2 is 1.72 bits per heavy atom. The highest BCUT2D eigenvalue weighted by Gasteiger charge is 2.51. The van der Waals surface area contributed by atoms with E-state index in [1.165, 1.54) is 54.2 Å². The van der Waals surface area contributed by atoms with Crippen LogP contribution in [0.5, 0.6) is 5.75 Å². The second-order valence-corrected chi connectivity index (χ2v) is 17.2. The molecule has 0 bridgehead atoms. The molecule has 0 saturated carbocycles. The molecular weight excluding hydrogens is 753 g/mol. The normalized spacial score (nSPS) is 37.2. The number of cyclic esters (lactones) is 1. The van der Waals surface area contributed by atoms with E-state index >= 15 is 0 Å². The van der Waals surface area contributed by atoms with E-state index in [0.29, 0.717) is 24.3 Å². The van der Waals surface area contributed by atoms with Crippen LogP contribution < -0.4 is 9.64 Å². The van der Waals surface area contributed by atoms with E-state index in [9.17, 15) is 34.4 Å². The summed E-state index contributed by atoms with van der Waals surface area (Å²) in [6, 6.07) is 3.97. The Labute approximate surface area is 342 Å². The van der Waals surface area contributed by atoms with Gasteiger partial charge in [0.25, 0.3) is 0 Å². The second kappa shape index (κ2) is 19.3. The molecule has 2 aliphatic rings. The number of aliphatic hydroxyl groups is 4. The lowest BCUT2D eigenvalue weighted by Gasteiger charge is -2.48. The number of urea groups is 1. The van der Waals surface area contributed by atoms with Crippen molar-refractivity contribution in [2.24, 2.45) is 17.8 Å². The van der Waals surface area contributed by atoms with Crippen molar-refractivity contribution in [1.29, 1.82) is 0 Å². The predicted octanol–water partition coefficient (Wildman–Crippen LogP) is 3.93. The summed E-state index contributed by atoms with van der Waals surface area (Å²) in [7, 11) is 4.98. The number of carbonyl (C=O) groups excluding carboxylic acids is 2. The van der Waals surface area contributed by atoms with Crippen molar-refractivity contribution in [3.8, 4) is 5.75 Å². The molecule has 15 nitrogen and oxygen atoms in total. The monoisotopic (exact) mass is 819 g/mol. The number of aliphatic hydroxyl groups excluding tert-OH is 2. The molecule has 326 valence electrons. The molecule has 2 fully saturated rings. The Kier molecular flexibility index (Phi) is 15.7. The van der Waals surface area contributed by atoms with Gasteiger partial charge in [-0.15, -0.1) is 0 Å². The first-order valence-corrected chi connectivity index (χ1v) is 20.2. The fourth-order valence-electron chi connectivity index (χ4n) is 8.54. The Morgan fingerprint density at radius 1 is 1.09 bits per heavy atom. The minimum absolute atomic E-state index is 0.142. The summed E-state index contributed by atoms with van der Waals surface area (Å²) in [6.07, 6.45) is -4.18. The van der Waals surface area contributed by atoms with Crippen molar-refractivity contribution in [2.45, 2.75) is 148 Å². The fourth-order valence-corrected chi connectivity index (χ4v) is 8.54. The lowest BCUT2D eigenvalue weighted by Crippen LogP contribution is -2.62. The Bertz CT molecular complexity index is 1670. The molecule has 4 rings (SSSR count). The van der Waals surface area contributed by atoms with Crippen LogP contribution in [0, 0.1) is 30.5 Å². The number of amides is 2. The maximum atomic E-state index is 14.3. The molecule has 2 aliphatic heterocycles. The third-order valence-corrected chi connectivity index (χ3v) is 12.1. The van der Waals surface area contributed by atoms with Gasteiger partial charge in [0, 0.05) is 45.0 Å². The number of aryl methyl sites for hydroxylation is 1. The van der Waals surface area contributed by atoms with Gasteiger partial charge < -0.3 is 49.2 Å². The molecule has 2 aromatic rings. The standard InChI is InChI=1S/C42H66FN5O10/c1-13-32-42(9,54)35(50)28(7)46(10)22-23(2)21-41(8,53)36(26(5)33(49)27(6)37(51)57-32)58-38-34(56-31-16-15-29(43)19-24(31)3)30(20-25(4)55-38)47(11)40(52)48(12)39-44-17-14-18-45-39/h14-19,23,25-28,30,32-36,38,49-50,53-54H,13,20-22H2,1-12H3/t23-,25-,26+,27-,28-,30+,32-,33+,34-,35-,36-,38+,41-,42-/m1/s1. The number of anilines is 1. The molecule has 0 radical (unpaired) electrons. The number of nitrogens with zero attached hydrogens (tertiary/aromatic N) is 5. The summed E-state index contributed by atoms with van der Waals surface area (Å²) in [4.78, 5) is 40.9. The number of likely N-dealkylation sites (N-methyl/N-ethyl adjacent to an activating group) is 2. The van der Waals surface area contributed by atoms with E-state index in [1.807, 2.05) is 18.7 Å². The van der Waals surface area contributed by atoms with Crippen molar-refractivity contribution in [3.05, 3.63) is 48.0 Å². The van der Waals surface area contributed by atoms with Crippen LogP contribution in [0.15, 0.2) is 36.7 Å². The number of halogens is 1. The quantitative estimate of drug-likeness (QED) is 0.295. The Balaban J connectivity index is 1.79. The summed E-state index contributed by atoms with van der Waals surface area (Å²) >= 11 is 0. The molecule has 1 aromatic carbocycles. The van der Waals surface area contributed by atoms with Crippen molar-refractivity contribution >= 4 is 17.9 Å². The highest BCUT2D eigenvalue weighted by Crippen LogP contribution is 2.38. The van der Waals surface area contributed by atoms with E-state index in [1.54, 1.807) is 61.8 Å².